The summed E-state index contributed by atoms with van der Waals surface area (Å²) in [7, 11) is 0. The molecule has 0 heterocycles. The summed E-state index contributed by atoms with van der Waals surface area (Å²) in [6.07, 6.45) is 9.83. The van der Waals surface area contributed by atoms with Gasteiger partial charge >= 0.3 is 0 Å². The van der Waals surface area contributed by atoms with Crippen molar-refractivity contribution in [2.24, 2.45) is 11.7 Å². The zero-order chi connectivity index (χ0) is 10.7. The van der Waals surface area contributed by atoms with E-state index < -0.39 is 0 Å². The summed E-state index contributed by atoms with van der Waals surface area (Å²) in [4.78, 5) is 2.60. The summed E-state index contributed by atoms with van der Waals surface area (Å²) >= 11 is 0. The van der Waals surface area contributed by atoms with Gasteiger partial charge in [-0.25, -0.2) is 0 Å². The maximum Gasteiger partial charge on any atom is 0.0196 e. The minimum absolute atomic E-state index is 0.436. The third-order valence-electron chi connectivity index (χ3n) is 4.17. The van der Waals surface area contributed by atoms with Gasteiger partial charge in [-0.15, -0.1) is 0 Å². The monoisotopic (exact) mass is 210 g/mol. The molecule has 0 radical (unpaired) electrons. The standard InChI is InChI=1S/C13H26N2/c1-2-15(12-8-9-12)10-13(14)11-6-4-3-5-7-11/h11-13H,2-10,14H2,1H3. The molecule has 0 aromatic heterocycles. The van der Waals surface area contributed by atoms with E-state index in [0.29, 0.717) is 6.04 Å². The molecule has 0 amide bonds. The Morgan fingerprint density at radius 1 is 1.13 bits per heavy atom. The van der Waals surface area contributed by atoms with E-state index in [9.17, 15) is 0 Å². The van der Waals surface area contributed by atoms with Gasteiger partial charge < -0.3 is 5.73 Å². The van der Waals surface area contributed by atoms with Crippen LogP contribution in [-0.4, -0.2) is 30.1 Å². The molecule has 2 nitrogen and oxygen atoms in total. The molecule has 1 unspecified atom stereocenters. The molecule has 88 valence electrons. The van der Waals surface area contributed by atoms with E-state index in [2.05, 4.69) is 11.8 Å². The van der Waals surface area contributed by atoms with Gasteiger partial charge in [0.05, 0.1) is 0 Å². The summed E-state index contributed by atoms with van der Waals surface area (Å²) in [6.45, 7) is 4.60. The molecule has 2 fully saturated rings. The molecule has 2 aliphatic rings. The Balaban J connectivity index is 1.75. The van der Waals surface area contributed by atoms with Gasteiger partial charge in [0.25, 0.3) is 0 Å². The number of nitrogens with zero attached hydrogens (tertiary/aromatic N) is 1. The molecule has 0 saturated heterocycles. The molecule has 0 aromatic rings. The fourth-order valence-electron chi connectivity index (χ4n) is 2.96. The third-order valence-corrected chi connectivity index (χ3v) is 4.17. The van der Waals surface area contributed by atoms with Crippen LogP contribution in [0.15, 0.2) is 0 Å². The van der Waals surface area contributed by atoms with Gasteiger partial charge in [-0.2, -0.15) is 0 Å². The van der Waals surface area contributed by atoms with Crippen LogP contribution >= 0.6 is 0 Å². The van der Waals surface area contributed by atoms with Crippen LogP contribution in [0.2, 0.25) is 0 Å². The van der Waals surface area contributed by atoms with Gasteiger partial charge in [-0.3, -0.25) is 4.90 Å². The summed E-state index contributed by atoms with van der Waals surface area (Å²) < 4.78 is 0. The molecular weight excluding hydrogens is 184 g/mol. The Morgan fingerprint density at radius 3 is 2.33 bits per heavy atom. The average molecular weight is 210 g/mol. The first kappa shape index (κ1) is 11.4. The fourth-order valence-corrected chi connectivity index (χ4v) is 2.96. The van der Waals surface area contributed by atoms with Gasteiger partial charge in [0.2, 0.25) is 0 Å². The summed E-state index contributed by atoms with van der Waals surface area (Å²) in [5.74, 6) is 0.812. The second-order valence-corrected chi connectivity index (χ2v) is 5.38. The van der Waals surface area contributed by atoms with Crippen molar-refractivity contribution in [3.8, 4) is 0 Å². The van der Waals surface area contributed by atoms with Crippen LogP contribution in [0.25, 0.3) is 0 Å². The lowest BCUT2D eigenvalue weighted by Crippen LogP contribution is -2.43. The van der Waals surface area contributed by atoms with E-state index in [-0.39, 0.29) is 0 Å². The van der Waals surface area contributed by atoms with E-state index >= 15 is 0 Å². The number of rotatable bonds is 5. The molecule has 1 atom stereocenters. The molecule has 2 aliphatic carbocycles. The van der Waals surface area contributed by atoms with Gasteiger partial charge in [0, 0.05) is 18.6 Å². The second-order valence-electron chi connectivity index (χ2n) is 5.38. The van der Waals surface area contributed by atoms with Crippen molar-refractivity contribution < 1.29 is 0 Å². The van der Waals surface area contributed by atoms with E-state index in [0.717, 1.165) is 18.5 Å². The predicted molar refractivity (Wildman–Crippen MR) is 64.8 cm³/mol. The zero-order valence-corrected chi connectivity index (χ0v) is 10.1. The molecule has 2 N–H and O–H groups in total. The zero-order valence-electron chi connectivity index (χ0n) is 10.1. The van der Waals surface area contributed by atoms with Crippen LogP contribution in [0.1, 0.15) is 51.9 Å². The van der Waals surface area contributed by atoms with Crippen molar-refractivity contribution in [3.05, 3.63) is 0 Å². The topological polar surface area (TPSA) is 29.3 Å². The largest absolute Gasteiger partial charge is 0.326 e. The van der Waals surface area contributed by atoms with Gasteiger partial charge in [0.1, 0.15) is 0 Å². The Bertz CT molecular complexity index is 183. The molecule has 2 heteroatoms. The Morgan fingerprint density at radius 2 is 1.80 bits per heavy atom. The van der Waals surface area contributed by atoms with E-state index in [1.54, 1.807) is 0 Å². The number of likely N-dealkylation sites (N-methyl/N-ethyl adjacent to an activating group) is 1. The lowest BCUT2D eigenvalue weighted by Gasteiger charge is -2.31. The van der Waals surface area contributed by atoms with E-state index in [1.165, 1.54) is 51.5 Å². The van der Waals surface area contributed by atoms with Crippen LogP contribution in [0.3, 0.4) is 0 Å². The highest BCUT2D eigenvalue weighted by Gasteiger charge is 2.30. The maximum absolute atomic E-state index is 6.35. The maximum atomic E-state index is 6.35. The minimum Gasteiger partial charge on any atom is -0.326 e. The molecule has 0 aliphatic heterocycles. The lowest BCUT2D eigenvalue weighted by atomic mass is 9.84. The van der Waals surface area contributed by atoms with Crippen LogP contribution in [0.4, 0.5) is 0 Å². The van der Waals surface area contributed by atoms with Crippen molar-refractivity contribution in [3.63, 3.8) is 0 Å². The highest BCUT2D eigenvalue weighted by atomic mass is 15.2. The first-order valence-electron chi connectivity index (χ1n) is 6.81. The smallest absolute Gasteiger partial charge is 0.0196 e. The Kier molecular flexibility index (Phi) is 4.04. The number of nitrogens with two attached hydrogens (primary N) is 1. The van der Waals surface area contributed by atoms with Gasteiger partial charge in [-0.1, -0.05) is 26.2 Å². The quantitative estimate of drug-likeness (QED) is 0.755. The number of hydrogen-bond donors (Lipinski definition) is 1. The molecular formula is C13H26N2. The van der Waals surface area contributed by atoms with Crippen LogP contribution in [-0.2, 0) is 0 Å². The van der Waals surface area contributed by atoms with Crippen LogP contribution in [0.5, 0.6) is 0 Å². The van der Waals surface area contributed by atoms with Crippen molar-refractivity contribution in [2.75, 3.05) is 13.1 Å². The average Bonchev–Trinajstić information content (AvgIpc) is 3.10. The Labute approximate surface area is 94.2 Å². The summed E-state index contributed by atoms with van der Waals surface area (Å²) in [5, 5.41) is 0. The highest BCUT2D eigenvalue weighted by molar-refractivity contribution is 4.87. The molecule has 0 aromatic carbocycles. The van der Waals surface area contributed by atoms with Crippen molar-refractivity contribution in [2.45, 2.75) is 64.0 Å². The SMILES string of the molecule is CCN(CC(N)C1CCCCC1)C1CC1. The van der Waals surface area contributed by atoms with Gasteiger partial charge in [-0.05, 0) is 38.1 Å². The lowest BCUT2D eigenvalue weighted by molar-refractivity contribution is 0.206. The van der Waals surface area contributed by atoms with Crippen LogP contribution < -0.4 is 5.73 Å². The second kappa shape index (κ2) is 5.31. The summed E-state index contributed by atoms with van der Waals surface area (Å²) in [6, 6.07) is 1.32. The van der Waals surface area contributed by atoms with Crippen LogP contribution in [0, 0.1) is 5.92 Å². The first-order chi connectivity index (χ1) is 7.31. The van der Waals surface area contributed by atoms with Gasteiger partial charge in [0.15, 0.2) is 0 Å². The van der Waals surface area contributed by atoms with E-state index in [4.69, 9.17) is 5.73 Å². The molecule has 15 heavy (non-hydrogen) atoms. The number of hydrogen-bond acceptors (Lipinski definition) is 2. The Hall–Kier alpha value is -0.0800. The minimum atomic E-state index is 0.436. The third kappa shape index (κ3) is 3.18. The van der Waals surface area contributed by atoms with Crippen molar-refractivity contribution in [1.82, 2.24) is 4.90 Å². The first-order valence-corrected chi connectivity index (χ1v) is 6.81. The van der Waals surface area contributed by atoms with E-state index in [1.807, 2.05) is 0 Å². The fraction of sp³-hybridized carbons (Fsp3) is 1.00. The predicted octanol–water partition coefficient (Wildman–Crippen LogP) is 2.38. The summed E-state index contributed by atoms with van der Waals surface area (Å²) in [5.41, 5.74) is 6.35. The van der Waals surface area contributed by atoms with Crippen molar-refractivity contribution >= 4 is 0 Å². The molecule has 0 spiro atoms. The molecule has 2 saturated carbocycles. The molecule has 0 bridgehead atoms. The molecule has 2 rings (SSSR count). The normalized spacial score (nSPS) is 25.8. The van der Waals surface area contributed by atoms with Crippen molar-refractivity contribution in [1.29, 1.82) is 0 Å². The highest BCUT2D eigenvalue weighted by Crippen LogP contribution is 2.29.